The van der Waals surface area contributed by atoms with Crippen LogP contribution in [-0.4, -0.2) is 34.2 Å². The van der Waals surface area contributed by atoms with Gasteiger partial charge in [0.15, 0.2) is 23.0 Å². The Morgan fingerprint density at radius 2 is 2.07 bits per heavy atom. The van der Waals surface area contributed by atoms with Crippen LogP contribution in [0, 0.1) is 5.92 Å². The average Bonchev–Trinajstić information content (AvgIpc) is 3.12. The molecule has 2 heterocycles. The third-order valence-corrected chi connectivity index (χ3v) is 3.99. The summed E-state index contributed by atoms with van der Waals surface area (Å²) in [6.45, 7) is 5.08. The minimum absolute atomic E-state index is 0.216. The molecule has 146 valence electrons. The maximum Gasteiger partial charge on any atom is 0.244 e. The number of fused-ring (bicyclic) bond motifs is 1. The van der Waals surface area contributed by atoms with E-state index in [9.17, 15) is 4.79 Å². The Hall–Kier alpha value is -3.35. The highest BCUT2D eigenvalue weighted by Crippen LogP contribution is 2.28. The number of ether oxygens (including phenoxy) is 2. The standard InChI is InChI=1S/C21H24N4O3/c1-15(2)14-28-17-9-7-16(12-18(17)27-3)8-10-21(26)22-13-20-24-23-19-6-4-5-11-25(19)20/h4-12,15H,13-14H2,1-3H3,(H,22,26)/b10-8+. The summed E-state index contributed by atoms with van der Waals surface area (Å²) in [6, 6.07) is 11.2. The van der Waals surface area contributed by atoms with E-state index in [1.54, 1.807) is 13.2 Å². The number of amides is 1. The van der Waals surface area contributed by atoms with Crippen LogP contribution in [0.15, 0.2) is 48.7 Å². The summed E-state index contributed by atoms with van der Waals surface area (Å²) in [7, 11) is 1.60. The minimum atomic E-state index is -0.216. The number of nitrogens with zero attached hydrogens (tertiary/aromatic N) is 3. The number of hydrogen-bond donors (Lipinski definition) is 1. The van der Waals surface area contributed by atoms with E-state index in [2.05, 4.69) is 29.4 Å². The van der Waals surface area contributed by atoms with Crippen molar-refractivity contribution in [2.45, 2.75) is 20.4 Å². The molecule has 28 heavy (non-hydrogen) atoms. The summed E-state index contributed by atoms with van der Waals surface area (Å²) < 4.78 is 13.0. The van der Waals surface area contributed by atoms with Gasteiger partial charge in [0, 0.05) is 12.3 Å². The molecule has 3 aromatic rings. The lowest BCUT2D eigenvalue weighted by atomic mass is 10.2. The zero-order valence-corrected chi connectivity index (χ0v) is 16.3. The molecule has 0 radical (unpaired) electrons. The molecule has 2 aromatic heterocycles. The summed E-state index contributed by atoms with van der Waals surface area (Å²) in [5.74, 6) is 2.21. The van der Waals surface area contributed by atoms with Gasteiger partial charge in [0.1, 0.15) is 0 Å². The van der Waals surface area contributed by atoms with Crippen molar-refractivity contribution in [3.8, 4) is 11.5 Å². The number of rotatable bonds is 8. The van der Waals surface area contributed by atoms with Crippen LogP contribution in [0.1, 0.15) is 25.2 Å². The lowest BCUT2D eigenvalue weighted by Crippen LogP contribution is -2.21. The first kappa shape index (κ1) is 19.4. The fourth-order valence-electron chi connectivity index (χ4n) is 2.57. The molecule has 1 amide bonds. The molecule has 1 N–H and O–H groups in total. The zero-order valence-electron chi connectivity index (χ0n) is 16.3. The number of nitrogens with one attached hydrogen (secondary N) is 1. The highest BCUT2D eigenvalue weighted by Gasteiger charge is 2.07. The van der Waals surface area contributed by atoms with Crippen LogP contribution in [0.4, 0.5) is 0 Å². The maximum atomic E-state index is 12.1. The van der Waals surface area contributed by atoms with Crippen LogP contribution in [0.5, 0.6) is 11.5 Å². The molecular formula is C21H24N4O3. The largest absolute Gasteiger partial charge is 0.493 e. The van der Waals surface area contributed by atoms with Crippen LogP contribution < -0.4 is 14.8 Å². The van der Waals surface area contributed by atoms with Gasteiger partial charge in [-0.15, -0.1) is 10.2 Å². The second-order valence-corrected chi connectivity index (χ2v) is 6.71. The van der Waals surface area contributed by atoms with Gasteiger partial charge in [-0.05, 0) is 41.8 Å². The predicted octanol–water partition coefficient (Wildman–Crippen LogP) is 3.10. The van der Waals surface area contributed by atoms with E-state index < -0.39 is 0 Å². The van der Waals surface area contributed by atoms with E-state index in [-0.39, 0.29) is 5.91 Å². The number of aromatic nitrogens is 3. The Labute approximate surface area is 164 Å². The van der Waals surface area contributed by atoms with Crippen molar-refractivity contribution in [1.82, 2.24) is 19.9 Å². The van der Waals surface area contributed by atoms with Crippen molar-refractivity contribution in [3.63, 3.8) is 0 Å². The fourth-order valence-corrected chi connectivity index (χ4v) is 2.57. The fraction of sp³-hybridized carbons (Fsp3) is 0.286. The van der Waals surface area contributed by atoms with Gasteiger partial charge < -0.3 is 14.8 Å². The van der Waals surface area contributed by atoms with E-state index in [0.717, 1.165) is 11.2 Å². The van der Waals surface area contributed by atoms with Gasteiger partial charge in [0.2, 0.25) is 5.91 Å². The van der Waals surface area contributed by atoms with Gasteiger partial charge in [0.25, 0.3) is 0 Å². The van der Waals surface area contributed by atoms with E-state index in [0.29, 0.717) is 36.4 Å². The molecule has 7 heteroatoms. The van der Waals surface area contributed by atoms with E-state index in [4.69, 9.17) is 9.47 Å². The smallest absolute Gasteiger partial charge is 0.244 e. The molecule has 0 aliphatic rings. The number of carbonyl (C=O) groups excluding carboxylic acids is 1. The summed E-state index contributed by atoms with van der Waals surface area (Å²) in [5.41, 5.74) is 1.59. The van der Waals surface area contributed by atoms with Crippen molar-refractivity contribution < 1.29 is 14.3 Å². The third-order valence-electron chi connectivity index (χ3n) is 3.99. The quantitative estimate of drug-likeness (QED) is 0.608. The van der Waals surface area contributed by atoms with Crippen LogP contribution in [0.2, 0.25) is 0 Å². The Balaban J connectivity index is 1.60. The van der Waals surface area contributed by atoms with E-state index in [1.165, 1.54) is 6.08 Å². The molecule has 1 aromatic carbocycles. The van der Waals surface area contributed by atoms with E-state index >= 15 is 0 Å². The summed E-state index contributed by atoms with van der Waals surface area (Å²) in [6.07, 6.45) is 5.07. The van der Waals surface area contributed by atoms with E-state index in [1.807, 2.05) is 47.0 Å². The Kier molecular flexibility index (Phi) is 6.26. The maximum absolute atomic E-state index is 12.1. The monoisotopic (exact) mass is 380 g/mol. The molecule has 7 nitrogen and oxygen atoms in total. The topological polar surface area (TPSA) is 77.8 Å². The number of hydrogen-bond acceptors (Lipinski definition) is 5. The number of methoxy groups -OCH3 is 1. The van der Waals surface area contributed by atoms with Crippen LogP contribution in [0.3, 0.4) is 0 Å². The molecule has 0 bridgehead atoms. The molecule has 0 unspecified atom stereocenters. The van der Waals surface area contributed by atoms with Crippen molar-refractivity contribution >= 4 is 17.6 Å². The average molecular weight is 380 g/mol. The lowest BCUT2D eigenvalue weighted by Gasteiger charge is -2.12. The molecule has 0 aliphatic carbocycles. The molecule has 0 saturated heterocycles. The SMILES string of the molecule is COc1cc(/C=C/C(=O)NCc2nnc3ccccn23)ccc1OCC(C)C. The van der Waals surface area contributed by atoms with Gasteiger partial charge >= 0.3 is 0 Å². The molecule has 0 fully saturated rings. The first-order valence-corrected chi connectivity index (χ1v) is 9.12. The molecule has 0 aliphatic heterocycles. The highest BCUT2D eigenvalue weighted by atomic mass is 16.5. The zero-order chi connectivity index (χ0) is 19.9. The minimum Gasteiger partial charge on any atom is -0.493 e. The number of carbonyl (C=O) groups is 1. The summed E-state index contributed by atoms with van der Waals surface area (Å²) in [5, 5.41) is 11.0. The van der Waals surface area contributed by atoms with Gasteiger partial charge in [-0.3, -0.25) is 9.20 Å². The van der Waals surface area contributed by atoms with Gasteiger partial charge in [-0.1, -0.05) is 26.0 Å². The summed E-state index contributed by atoms with van der Waals surface area (Å²) in [4.78, 5) is 12.1. The number of benzene rings is 1. The van der Waals surface area contributed by atoms with Crippen molar-refractivity contribution in [2.75, 3.05) is 13.7 Å². The van der Waals surface area contributed by atoms with Crippen LogP contribution >= 0.6 is 0 Å². The lowest BCUT2D eigenvalue weighted by molar-refractivity contribution is -0.116. The van der Waals surface area contributed by atoms with Crippen LogP contribution in [0.25, 0.3) is 11.7 Å². The third kappa shape index (κ3) is 4.88. The Morgan fingerprint density at radius 3 is 2.86 bits per heavy atom. The van der Waals surface area contributed by atoms with Gasteiger partial charge in [0.05, 0.1) is 20.3 Å². The van der Waals surface area contributed by atoms with Gasteiger partial charge in [-0.2, -0.15) is 0 Å². The highest BCUT2D eigenvalue weighted by molar-refractivity contribution is 5.91. The first-order chi connectivity index (χ1) is 13.6. The predicted molar refractivity (Wildman–Crippen MR) is 107 cm³/mol. The first-order valence-electron chi connectivity index (χ1n) is 9.12. The van der Waals surface area contributed by atoms with Crippen molar-refractivity contribution in [3.05, 3.63) is 60.1 Å². The molecular weight excluding hydrogens is 356 g/mol. The van der Waals surface area contributed by atoms with Crippen molar-refractivity contribution in [1.29, 1.82) is 0 Å². The van der Waals surface area contributed by atoms with Crippen molar-refractivity contribution in [2.24, 2.45) is 5.92 Å². The summed E-state index contributed by atoms with van der Waals surface area (Å²) >= 11 is 0. The second-order valence-electron chi connectivity index (χ2n) is 6.71. The Morgan fingerprint density at radius 1 is 1.21 bits per heavy atom. The second kappa shape index (κ2) is 9.03. The number of pyridine rings is 1. The molecule has 0 atom stereocenters. The molecule has 0 spiro atoms. The molecule has 3 rings (SSSR count). The van der Waals surface area contributed by atoms with Gasteiger partial charge in [-0.25, -0.2) is 0 Å². The Bertz CT molecular complexity index is 979. The normalized spacial score (nSPS) is 11.3. The van der Waals surface area contributed by atoms with Crippen LogP contribution in [-0.2, 0) is 11.3 Å². The molecule has 0 saturated carbocycles.